The van der Waals surface area contributed by atoms with Crippen molar-refractivity contribution in [3.63, 3.8) is 0 Å². The van der Waals surface area contributed by atoms with Crippen molar-refractivity contribution in [2.24, 2.45) is 12.5 Å². The predicted molar refractivity (Wildman–Crippen MR) is 59.3 cm³/mol. The van der Waals surface area contributed by atoms with E-state index >= 15 is 0 Å². The van der Waals surface area contributed by atoms with Crippen LogP contribution >= 0.6 is 0 Å². The number of aromatic nitrogens is 3. The summed E-state index contributed by atoms with van der Waals surface area (Å²) in [4.78, 5) is 4.19. The molecule has 1 aliphatic carbocycles. The van der Waals surface area contributed by atoms with Crippen LogP contribution in [0.4, 0.5) is 0 Å². The highest BCUT2D eigenvalue weighted by molar-refractivity contribution is 4.86. The summed E-state index contributed by atoms with van der Waals surface area (Å²) in [6.07, 6.45) is 7.11. The summed E-state index contributed by atoms with van der Waals surface area (Å²) in [5.41, 5.74) is 0.512. The highest BCUT2D eigenvalue weighted by atomic mass is 15.3. The Hall–Kier alpha value is -0.900. The number of aryl methyl sites for hydroxylation is 1. The van der Waals surface area contributed by atoms with Gasteiger partial charge in [-0.05, 0) is 18.3 Å². The third-order valence-corrected chi connectivity index (χ3v) is 3.45. The molecule has 4 heteroatoms. The fourth-order valence-electron chi connectivity index (χ4n) is 2.36. The molecule has 0 spiro atoms. The zero-order valence-corrected chi connectivity index (χ0v) is 9.66. The van der Waals surface area contributed by atoms with Gasteiger partial charge in [-0.3, -0.25) is 4.68 Å². The van der Waals surface area contributed by atoms with Gasteiger partial charge < -0.3 is 5.32 Å². The van der Waals surface area contributed by atoms with Gasteiger partial charge in [0.2, 0.25) is 0 Å². The van der Waals surface area contributed by atoms with E-state index in [1.807, 2.05) is 11.7 Å². The fourth-order valence-corrected chi connectivity index (χ4v) is 2.36. The molecule has 1 saturated carbocycles. The van der Waals surface area contributed by atoms with Crippen LogP contribution < -0.4 is 5.32 Å². The third-order valence-electron chi connectivity index (χ3n) is 3.45. The number of hydrogen-bond donors (Lipinski definition) is 1. The van der Waals surface area contributed by atoms with Gasteiger partial charge in [-0.25, -0.2) is 4.98 Å². The molecule has 0 saturated heterocycles. The quantitative estimate of drug-likeness (QED) is 0.815. The summed E-state index contributed by atoms with van der Waals surface area (Å²) in [5.74, 6) is 1.01. The van der Waals surface area contributed by atoms with E-state index in [-0.39, 0.29) is 0 Å². The molecule has 0 unspecified atom stereocenters. The molecule has 0 radical (unpaired) electrons. The van der Waals surface area contributed by atoms with E-state index in [1.165, 1.54) is 25.7 Å². The molecule has 0 aromatic carbocycles. The molecule has 0 atom stereocenters. The largest absolute Gasteiger partial charge is 0.309 e. The van der Waals surface area contributed by atoms with Gasteiger partial charge in [-0.2, -0.15) is 5.10 Å². The summed E-state index contributed by atoms with van der Waals surface area (Å²) in [7, 11) is 1.93. The molecule has 1 aliphatic rings. The van der Waals surface area contributed by atoms with Gasteiger partial charge in [0.25, 0.3) is 0 Å². The average Bonchev–Trinajstić information content (AvgIpc) is 2.78. The topological polar surface area (TPSA) is 42.7 Å². The molecule has 1 aromatic rings. The molecule has 1 aromatic heterocycles. The fraction of sp³-hybridized carbons (Fsp3) is 0.818. The van der Waals surface area contributed by atoms with Crippen molar-refractivity contribution in [3.05, 3.63) is 12.2 Å². The van der Waals surface area contributed by atoms with Gasteiger partial charge in [-0.1, -0.05) is 19.8 Å². The Kier molecular flexibility index (Phi) is 3.05. The van der Waals surface area contributed by atoms with Crippen LogP contribution in [0.5, 0.6) is 0 Å². The van der Waals surface area contributed by atoms with Crippen molar-refractivity contribution in [2.45, 2.75) is 39.2 Å². The van der Waals surface area contributed by atoms with E-state index in [9.17, 15) is 0 Å². The SMILES string of the molecule is Cn1ncnc1CNCC1(C)CCCC1. The Morgan fingerprint density at radius 3 is 2.80 bits per heavy atom. The number of rotatable bonds is 4. The molecule has 1 heterocycles. The Bertz CT molecular complexity index is 312. The number of hydrogen-bond acceptors (Lipinski definition) is 3. The monoisotopic (exact) mass is 208 g/mol. The predicted octanol–water partition coefficient (Wildman–Crippen LogP) is 1.48. The average molecular weight is 208 g/mol. The molecular weight excluding hydrogens is 188 g/mol. The minimum absolute atomic E-state index is 0.512. The van der Waals surface area contributed by atoms with Crippen molar-refractivity contribution in [2.75, 3.05) is 6.54 Å². The first-order valence-corrected chi connectivity index (χ1v) is 5.73. The van der Waals surface area contributed by atoms with Crippen molar-refractivity contribution >= 4 is 0 Å². The molecule has 1 fully saturated rings. The Morgan fingerprint density at radius 1 is 1.47 bits per heavy atom. The lowest BCUT2D eigenvalue weighted by molar-refractivity contribution is 0.312. The molecule has 15 heavy (non-hydrogen) atoms. The lowest BCUT2D eigenvalue weighted by Gasteiger charge is -2.23. The van der Waals surface area contributed by atoms with Crippen LogP contribution in [-0.4, -0.2) is 21.3 Å². The highest BCUT2D eigenvalue weighted by Crippen LogP contribution is 2.36. The first kappa shape index (κ1) is 10.6. The summed E-state index contributed by atoms with van der Waals surface area (Å²) in [6, 6.07) is 0. The normalized spacial score (nSPS) is 19.6. The Labute approximate surface area is 91.1 Å². The van der Waals surface area contributed by atoms with Gasteiger partial charge in [0.1, 0.15) is 12.2 Å². The molecule has 4 nitrogen and oxygen atoms in total. The first-order chi connectivity index (χ1) is 7.20. The van der Waals surface area contributed by atoms with Crippen LogP contribution in [0.1, 0.15) is 38.4 Å². The van der Waals surface area contributed by atoms with E-state index in [1.54, 1.807) is 6.33 Å². The van der Waals surface area contributed by atoms with Crippen LogP contribution in [0.25, 0.3) is 0 Å². The van der Waals surface area contributed by atoms with Crippen LogP contribution in [0, 0.1) is 5.41 Å². The maximum Gasteiger partial charge on any atom is 0.140 e. The molecule has 0 bridgehead atoms. The van der Waals surface area contributed by atoms with Crippen LogP contribution in [-0.2, 0) is 13.6 Å². The van der Waals surface area contributed by atoms with Crippen molar-refractivity contribution in [1.29, 1.82) is 0 Å². The van der Waals surface area contributed by atoms with E-state index in [2.05, 4.69) is 22.3 Å². The molecule has 1 N–H and O–H groups in total. The van der Waals surface area contributed by atoms with Crippen LogP contribution in [0.3, 0.4) is 0 Å². The standard InChI is InChI=1S/C11H20N4/c1-11(5-3-4-6-11)8-12-7-10-13-9-14-15(10)2/h9,12H,3-8H2,1-2H3. The summed E-state index contributed by atoms with van der Waals surface area (Å²) < 4.78 is 1.82. The first-order valence-electron chi connectivity index (χ1n) is 5.73. The van der Waals surface area contributed by atoms with Crippen molar-refractivity contribution < 1.29 is 0 Å². The molecule has 84 valence electrons. The van der Waals surface area contributed by atoms with E-state index in [0.29, 0.717) is 5.41 Å². The maximum atomic E-state index is 4.19. The third kappa shape index (κ3) is 2.56. The van der Waals surface area contributed by atoms with E-state index < -0.39 is 0 Å². The molecular formula is C11H20N4. The summed E-state index contributed by atoms with van der Waals surface area (Å²) in [6.45, 7) is 4.30. The van der Waals surface area contributed by atoms with Gasteiger partial charge in [0.15, 0.2) is 0 Å². The Balaban J connectivity index is 1.77. The zero-order valence-electron chi connectivity index (χ0n) is 9.66. The highest BCUT2D eigenvalue weighted by Gasteiger charge is 2.27. The smallest absolute Gasteiger partial charge is 0.140 e. The second kappa shape index (κ2) is 4.31. The maximum absolute atomic E-state index is 4.19. The van der Waals surface area contributed by atoms with Crippen molar-refractivity contribution in [1.82, 2.24) is 20.1 Å². The van der Waals surface area contributed by atoms with E-state index in [0.717, 1.165) is 18.9 Å². The van der Waals surface area contributed by atoms with Gasteiger partial charge >= 0.3 is 0 Å². The zero-order chi connectivity index (χ0) is 10.7. The number of nitrogens with one attached hydrogen (secondary N) is 1. The molecule has 2 rings (SSSR count). The Morgan fingerprint density at radius 2 is 2.20 bits per heavy atom. The summed E-state index contributed by atoms with van der Waals surface area (Å²) in [5, 5.41) is 7.54. The minimum atomic E-state index is 0.512. The number of nitrogens with zero attached hydrogens (tertiary/aromatic N) is 3. The lowest BCUT2D eigenvalue weighted by atomic mass is 9.89. The van der Waals surface area contributed by atoms with Crippen molar-refractivity contribution in [3.8, 4) is 0 Å². The van der Waals surface area contributed by atoms with Gasteiger partial charge in [-0.15, -0.1) is 0 Å². The second-order valence-electron chi connectivity index (χ2n) is 4.92. The lowest BCUT2D eigenvalue weighted by Crippen LogP contribution is -2.29. The van der Waals surface area contributed by atoms with Crippen LogP contribution in [0.15, 0.2) is 6.33 Å². The van der Waals surface area contributed by atoms with Gasteiger partial charge in [0.05, 0.1) is 6.54 Å². The summed E-state index contributed by atoms with van der Waals surface area (Å²) >= 11 is 0. The van der Waals surface area contributed by atoms with Crippen LogP contribution in [0.2, 0.25) is 0 Å². The van der Waals surface area contributed by atoms with Gasteiger partial charge in [0, 0.05) is 13.6 Å². The second-order valence-corrected chi connectivity index (χ2v) is 4.92. The molecule has 0 amide bonds. The molecule has 0 aliphatic heterocycles. The minimum Gasteiger partial charge on any atom is -0.309 e. The van der Waals surface area contributed by atoms with E-state index in [4.69, 9.17) is 0 Å².